The number of aryl methyl sites for hydroxylation is 4. The van der Waals surface area contributed by atoms with Gasteiger partial charge in [0, 0.05) is 78.6 Å². The van der Waals surface area contributed by atoms with Crippen LogP contribution in [0.25, 0.3) is 76.4 Å². The monoisotopic (exact) mass is 846 g/mol. The minimum atomic E-state index is 0.956. The summed E-state index contributed by atoms with van der Waals surface area (Å²) in [6.07, 6.45) is 3.91. The molecule has 0 bridgehead atoms. The van der Waals surface area contributed by atoms with E-state index >= 15 is 0 Å². The van der Waals surface area contributed by atoms with Crippen LogP contribution < -0.4 is 9.80 Å². The highest BCUT2D eigenvalue weighted by Crippen LogP contribution is 2.52. The maximum absolute atomic E-state index is 5.23. The fourth-order valence-electron chi connectivity index (χ4n) is 10.0. The summed E-state index contributed by atoms with van der Waals surface area (Å²) in [5, 5.41) is 11.5. The number of hydrogen-bond acceptors (Lipinski definition) is 4. The van der Waals surface area contributed by atoms with Crippen LogP contribution in [-0.2, 0) is 0 Å². The molecule has 10 aromatic carbocycles. The van der Waals surface area contributed by atoms with Crippen molar-refractivity contribution in [1.82, 2.24) is 9.97 Å². The molecule has 0 unspecified atom stereocenters. The quantitative estimate of drug-likeness (QED) is 0.143. The standard InChI is InChI=1S/C62H46N4/c1-39-13-21-45(22-14-39)65(46-23-15-40(2)16-24-46)57-37-55(61-49-11-7-5-9-43(49)33-35-63-61)51-30-32-54-58(66(47-25-17-41(3)18-26-47)48-27-19-42(4)20-28-48)38-56(52-29-31-53(57)59(51)60(52)54)62-50-12-8-6-10-44(50)34-36-64-62/h5-38H,1-4H3. The van der Waals surface area contributed by atoms with Crippen molar-refractivity contribution in [2.24, 2.45) is 0 Å². The van der Waals surface area contributed by atoms with Gasteiger partial charge >= 0.3 is 0 Å². The van der Waals surface area contributed by atoms with E-state index < -0.39 is 0 Å². The third kappa shape index (κ3) is 6.52. The molecule has 2 aromatic heterocycles. The van der Waals surface area contributed by atoms with Crippen LogP contribution in [0.4, 0.5) is 34.1 Å². The lowest BCUT2D eigenvalue weighted by molar-refractivity contribution is 1.28. The molecule has 0 N–H and O–H groups in total. The van der Waals surface area contributed by atoms with E-state index in [9.17, 15) is 0 Å². The van der Waals surface area contributed by atoms with Crippen LogP contribution in [0.1, 0.15) is 22.3 Å². The van der Waals surface area contributed by atoms with E-state index in [1.807, 2.05) is 12.4 Å². The van der Waals surface area contributed by atoms with Crippen molar-refractivity contribution < 1.29 is 0 Å². The van der Waals surface area contributed by atoms with Crippen LogP contribution in [0.5, 0.6) is 0 Å². The molecule has 4 nitrogen and oxygen atoms in total. The average molecular weight is 847 g/mol. The first kappa shape index (κ1) is 39.3. The Kier molecular flexibility index (Phi) is 9.35. The Hall–Kier alpha value is -8.34. The minimum Gasteiger partial charge on any atom is -0.310 e. The van der Waals surface area contributed by atoms with Crippen molar-refractivity contribution in [3.05, 3.63) is 229 Å². The zero-order chi connectivity index (χ0) is 44.5. The molecule has 0 aliphatic carbocycles. The van der Waals surface area contributed by atoms with E-state index in [-0.39, 0.29) is 0 Å². The fourth-order valence-corrected chi connectivity index (χ4v) is 10.0. The summed E-state index contributed by atoms with van der Waals surface area (Å²) in [6.45, 7) is 8.60. The molecule has 0 spiro atoms. The largest absolute Gasteiger partial charge is 0.310 e. The number of pyridine rings is 2. The molecule has 66 heavy (non-hydrogen) atoms. The molecular weight excluding hydrogens is 801 g/mol. The second-order valence-corrected chi connectivity index (χ2v) is 17.7. The topological polar surface area (TPSA) is 32.3 Å². The Morgan fingerprint density at radius 3 is 0.970 bits per heavy atom. The zero-order valence-electron chi connectivity index (χ0n) is 37.4. The Labute approximate surface area is 385 Å². The Bertz CT molecular complexity index is 3430. The van der Waals surface area contributed by atoms with Crippen LogP contribution in [-0.4, -0.2) is 9.97 Å². The molecule has 0 aliphatic rings. The number of nitrogens with zero attached hydrogens (tertiary/aromatic N) is 4. The predicted octanol–water partition coefficient (Wildman–Crippen LogP) is 17.2. The molecule has 2 heterocycles. The molecule has 4 heteroatoms. The molecule has 12 aromatic rings. The van der Waals surface area contributed by atoms with Gasteiger partial charge in [0.25, 0.3) is 0 Å². The van der Waals surface area contributed by atoms with Gasteiger partial charge < -0.3 is 9.80 Å². The normalized spacial score (nSPS) is 11.6. The first-order chi connectivity index (χ1) is 32.4. The van der Waals surface area contributed by atoms with Crippen molar-refractivity contribution in [2.75, 3.05) is 9.80 Å². The second kappa shape index (κ2) is 15.7. The molecule has 0 amide bonds. The van der Waals surface area contributed by atoms with Crippen molar-refractivity contribution in [2.45, 2.75) is 27.7 Å². The highest BCUT2D eigenvalue weighted by atomic mass is 15.2. The highest BCUT2D eigenvalue weighted by molar-refractivity contribution is 6.33. The van der Waals surface area contributed by atoms with E-state index in [2.05, 4.69) is 232 Å². The Morgan fingerprint density at radius 1 is 0.303 bits per heavy atom. The maximum atomic E-state index is 5.23. The van der Waals surface area contributed by atoms with Crippen molar-refractivity contribution >= 4 is 88.0 Å². The van der Waals surface area contributed by atoms with Crippen LogP contribution in [0.2, 0.25) is 0 Å². The number of hydrogen-bond donors (Lipinski definition) is 0. The molecule has 0 atom stereocenters. The molecule has 0 fully saturated rings. The number of benzene rings is 10. The number of aromatic nitrogens is 2. The summed E-state index contributed by atoms with van der Waals surface area (Å²) in [5.41, 5.74) is 15.4. The van der Waals surface area contributed by atoms with E-state index in [4.69, 9.17) is 9.97 Å². The zero-order valence-corrected chi connectivity index (χ0v) is 37.4. The van der Waals surface area contributed by atoms with Gasteiger partial charge in [0.2, 0.25) is 0 Å². The SMILES string of the molecule is Cc1ccc(N(c2ccc(C)cc2)c2cc(-c3nccc4ccccc34)c3ccc4c(N(c5ccc(C)cc5)c5ccc(C)cc5)cc(-c5nccc6ccccc56)c5ccc2c3c54)cc1. The van der Waals surface area contributed by atoms with Gasteiger partial charge in [-0.15, -0.1) is 0 Å². The van der Waals surface area contributed by atoms with Gasteiger partial charge in [0.05, 0.1) is 22.8 Å². The van der Waals surface area contributed by atoms with Crippen LogP contribution in [0, 0.1) is 27.7 Å². The lowest BCUT2D eigenvalue weighted by Gasteiger charge is -2.31. The van der Waals surface area contributed by atoms with Gasteiger partial charge in [-0.3, -0.25) is 9.97 Å². The molecule has 12 rings (SSSR count). The lowest BCUT2D eigenvalue weighted by Crippen LogP contribution is -2.12. The fraction of sp³-hybridized carbons (Fsp3) is 0.0645. The van der Waals surface area contributed by atoms with Crippen LogP contribution in [0.3, 0.4) is 0 Å². The smallest absolute Gasteiger partial charge is 0.0787 e. The summed E-state index contributed by atoms with van der Waals surface area (Å²) in [5.74, 6) is 0. The van der Waals surface area contributed by atoms with Gasteiger partial charge in [-0.2, -0.15) is 0 Å². The molecule has 314 valence electrons. The highest BCUT2D eigenvalue weighted by Gasteiger charge is 2.27. The molecule has 0 aliphatic heterocycles. The first-order valence-corrected chi connectivity index (χ1v) is 22.7. The summed E-state index contributed by atoms with van der Waals surface area (Å²) in [6, 6.07) is 71.2. The van der Waals surface area contributed by atoms with Gasteiger partial charge in [-0.1, -0.05) is 144 Å². The number of rotatable bonds is 8. The summed E-state index contributed by atoms with van der Waals surface area (Å²) in [7, 11) is 0. The van der Waals surface area contributed by atoms with Gasteiger partial charge in [-0.25, -0.2) is 0 Å². The molecule has 0 saturated carbocycles. The van der Waals surface area contributed by atoms with E-state index in [0.29, 0.717) is 0 Å². The van der Waals surface area contributed by atoms with E-state index in [1.165, 1.54) is 33.0 Å². The third-order valence-electron chi connectivity index (χ3n) is 13.4. The van der Waals surface area contributed by atoms with Gasteiger partial charge in [0.15, 0.2) is 0 Å². The minimum absolute atomic E-state index is 0.956. The van der Waals surface area contributed by atoms with E-state index in [0.717, 1.165) is 99.7 Å². The number of fused-ring (bicyclic) bond motifs is 2. The first-order valence-electron chi connectivity index (χ1n) is 22.7. The van der Waals surface area contributed by atoms with Crippen molar-refractivity contribution in [1.29, 1.82) is 0 Å². The predicted molar refractivity (Wildman–Crippen MR) is 280 cm³/mol. The second-order valence-electron chi connectivity index (χ2n) is 17.7. The van der Waals surface area contributed by atoms with Crippen molar-refractivity contribution in [3.63, 3.8) is 0 Å². The summed E-state index contributed by atoms with van der Waals surface area (Å²) >= 11 is 0. The lowest BCUT2D eigenvalue weighted by atomic mass is 9.85. The molecule has 0 saturated heterocycles. The Morgan fingerprint density at radius 2 is 0.621 bits per heavy atom. The van der Waals surface area contributed by atoms with Gasteiger partial charge in [0.1, 0.15) is 0 Å². The average Bonchev–Trinajstić information content (AvgIpc) is 3.35. The maximum Gasteiger partial charge on any atom is 0.0787 e. The molecule has 0 radical (unpaired) electrons. The number of anilines is 6. The van der Waals surface area contributed by atoms with Crippen LogP contribution >= 0.6 is 0 Å². The summed E-state index contributed by atoms with van der Waals surface area (Å²) < 4.78 is 0. The van der Waals surface area contributed by atoms with Gasteiger partial charge in [-0.05, 0) is 122 Å². The Balaban J connectivity index is 1.28. The summed E-state index contributed by atoms with van der Waals surface area (Å²) in [4.78, 5) is 15.3. The third-order valence-corrected chi connectivity index (χ3v) is 13.4. The van der Waals surface area contributed by atoms with E-state index in [1.54, 1.807) is 0 Å². The van der Waals surface area contributed by atoms with Crippen molar-refractivity contribution in [3.8, 4) is 22.5 Å². The molecular formula is C62H46N4. The van der Waals surface area contributed by atoms with Crippen LogP contribution in [0.15, 0.2) is 207 Å².